The molecule has 1 heterocycles. The third-order valence-corrected chi connectivity index (χ3v) is 2.86. The van der Waals surface area contributed by atoms with Crippen molar-refractivity contribution in [3.05, 3.63) is 12.2 Å². The van der Waals surface area contributed by atoms with E-state index in [4.69, 9.17) is 4.74 Å². The van der Waals surface area contributed by atoms with Gasteiger partial charge in [0.15, 0.2) is 0 Å². The first-order valence-corrected chi connectivity index (χ1v) is 4.12. The zero-order valence-corrected chi connectivity index (χ0v) is 6.89. The normalized spacial score (nSPS) is 54.9. The minimum absolute atomic E-state index is 0.183. The van der Waals surface area contributed by atoms with Crippen LogP contribution in [0.4, 0.5) is 0 Å². The van der Waals surface area contributed by atoms with E-state index >= 15 is 0 Å². The van der Waals surface area contributed by atoms with E-state index in [1.807, 2.05) is 0 Å². The molecule has 2 rings (SSSR count). The fraction of sp³-hybridized carbons (Fsp3) is 0.714. The largest absolute Gasteiger partial charge is 0.364 e. The van der Waals surface area contributed by atoms with Gasteiger partial charge in [0, 0.05) is 0 Å². The van der Waals surface area contributed by atoms with Crippen LogP contribution in [0.5, 0.6) is 0 Å². The summed E-state index contributed by atoms with van der Waals surface area (Å²) in [6.07, 6.45) is 5.88. The summed E-state index contributed by atoms with van der Waals surface area (Å²) in [5.41, 5.74) is 0.183. The smallest absolute Gasteiger partial charge is 0.103 e. The van der Waals surface area contributed by atoms with Gasteiger partial charge >= 0.3 is 0 Å². The van der Waals surface area contributed by atoms with Gasteiger partial charge in [0.05, 0.1) is 10.4 Å². The Balaban J connectivity index is 2.20. The number of alkyl halides is 1. The van der Waals surface area contributed by atoms with Crippen LogP contribution < -0.4 is 0 Å². The first kappa shape index (κ1) is 5.93. The van der Waals surface area contributed by atoms with Gasteiger partial charge in [-0.25, -0.2) is 0 Å². The average Bonchev–Trinajstić information content (AvgIpc) is 2.43. The molecular formula is C7H9BrO. The van der Waals surface area contributed by atoms with E-state index in [0.717, 1.165) is 6.42 Å². The monoisotopic (exact) mass is 188 g/mol. The van der Waals surface area contributed by atoms with Gasteiger partial charge in [-0.15, -0.1) is 0 Å². The van der Waals surface area contributed by atoms with E-state index in [1.165, 1.54) is 0 Å². The number of rotatable bonds is 0. The molecule has 3 atom stereocenters. The first-order chi connectivity index (χ1) is 4.22. The van der Waals surface area contributed by atoms with E-state index < -0.39 is 0 Å². The zero-order chi connectivity index (χ0) is 6.48. The van der Waals surface area contributed by atoms with Crippen molar-refractivity contribution in [1.82, 2.24) is 0 Å². The Morgan fingerprint density at radius 1 is 1.78 bits per heavy atom. The van der Waals surface area contributed by atoms with Crippen molar-refractivity contribution in [1.29, 1.82) is 0 Å². The van der Waals surface area contributed by atoms with E-state index in [2.05, 4.69) is 35.0 Å². The Morgan fingerprint density at radius 2 is 2.56 bits per heavy atom. The Bertz CT molecular complexity index is 166. The second kappa shape index (κ2) is 1.61. The summed E-state index contributed by atoms with van der Waals surface area (Å²) in [6.45, 7) is 2.16. The maximum Gasteiger partial charge on any atom is 0.103 e. The molecule has 1 fully saturated rings. The molecular weight excluding hydrogens is 180 g/mol. The maximum absolute atomic E-state index is 5.47. The molecule has 0 aromatic heterocycles. The third-order valence-electron chi connectivity index (χ3n) is 2.07. The van der Waals surface area contributed by atoms with Crippen LogP contribution >= 0.6 is 15.9 Å². The summed E-state index contributed by atoms with van der Waals surface area (Å²) in [5, 5.41) is 0. The second-order valence-electron chi connectivity index (χ2n) is 2.93. The van der Waals surface area contributed by atoms with Crippen LogP contribution in [0, 0.1) is 0 Å². The third kappa shape index (κ3) is 0.767. The fourth-order valence-corrected chi connectivity index (χ4v) is 2.24. The number of ether oxygens (including phenoxy) is 1. The molecule has 9 heavy (non-hydrogen) atoms. The Hall–Kier alpha value is 0.180. The maximum atomic E-state index is 5.47. The highest BCUT2D eigenvalue weighted by Crippen LogP contribution is 2.46. The number of epoxide rings is 1. The molecule has 0 amide bonds. The lowest BCUT2D eigenvalue weighted by molar-refractivity contribution is 0.315. The molecule has 1 nitrogen and oxygen atoms in total. The number of hydrogen-bond donors (Lipinski definition) is 0. The van der Waals surface area contributed by atoms with Crippen LogP contribution in [-0.2, 0) is 4.74 Å². The predicted octanol–water partition coefficient (Wildman–Crippen LogP) is 1.87. The number of hydrogen-bond acceptors (Lipinski definition) is 1. The molecule has 0 aromatic rings. The van der Waals surface area contributed by atoms with Gasteiger partial charge < -0.3 is 4.74 Å². The number of halogens is 1. The van der Waals surface area contributed by atoms with Gasteiger partial charge in [0.2, 0.25) is 0 Å². The lowest BCUT2D eigenvalue weighted by atomic mass is 9.96. The highest BCUT2D eigenvalue weighted by molar-refractivity contribution is 9.09. The van der Waals surface area contributed by atoms with E-state index in [0.29, 0.717) is 10.9 Å². The van der Waals surface area contributed by atoms with Crippen molar-refractivity contribution in [2.75, 3.05) is 0 Å². The van der Waals surface area contributed by atoms with Gasteiger partial charge in [-0.2, -0.15) is 0 Å². The van der Waals surface area contributed by atoms with Gasteiger partial charge in [-0.3, -0.25) is 0 Å². The van der Waals surface area contributed by atoms with Crippen molar-refractivity contribution in [3.8, 4) is 0 Å². The molecule has 0 radical (unpaired) electrons. The van der Waals surface area contributed by atoms with Crippen LogP contribution in [0.15, 0.2) is 12.2 Å². The summed E-state index contributed by atoms with van der Waals surface area (Å²) in [6, 6.07) is 0. The van der Waals surface area contributed by atoms with Crippen molar-refractivity contribution in [2.24, 2.45) is 0 Å². The first-order valence-electron chi connectivity index (χ1n) is 3.21. The molecule has 1 aliphatic carbocycles. The summed E-state index contributed by atoms with van der Waals surface area (Å²) in [4.78, 5) is 0.455. The minimum Gasteiger partial charge on any atom is -0.364 e. The molecule has 3 unspecified atom stereocenters. The summed E-state index contributed by atoms with van der Waals surface area (Å²) >= 11 is 3.52. The highest BCUT2D eigenvalue weighted by atomic mass is 79.9. The van der Waals surface area contributed by atoms with Crippen LogP contribution in [0.3, 0.4) is 0 Å². The quantitative estimate of drug-likeness (QED) is 0.322. The second-order valence-corrected chi connectivity index (χ2v) is 3.99. The molecule has 0 aromatic carbocycles. The van der Waals surface area contributed by atoms with Crippen LogP contribution in [0.2, 0.25) is 0 Å². The highest BCUT2D eigenvalue weighted by Gasteiger charge is 2.55. The molecule has 0 saturated carbocycles. The van der Waals surface area contributed by atoms with E-state index in [1.54, 1.807) is 0 Å². The van der Waals surface area contributed by atoms with Crippen molar-refractivity contribution >= 4 is 15.9 Å². The Kier molecular flexibility index (Phi) is 1.06. The molecule has 1 saturated heterocycles. The van der Waals surface area contributed by atoms with Crippen LogP contribution in [0.1, 0.15) is 13.3 Å². The molecule has 0 spiro atoms. The van der Waals surface area contributed by atoms with Gasteiger partial charge in [-0.05, 0) is 13.3 Å². The van der Waals surface area contributed by atoms with Gasteiger partial charge in [0.25, 0.3) is 0 Å². The van der Waals surface area contributed by atoms with Gasteiger partial charge in [-0.1, -0.05) is 28.1 Å². The lowest BCUT2D eigenvalue weighted by Gasteiger charge is -2.09. The SMILES string of the molecule is CC12CC=CC(Br)C1O2. The zero-order valence-electron chi connectivity index (χ0n) is 5.30. The minimum atomic E-state index is 0.183. The summed E-state index contributed by atoms with van der Waals surface area (Å²) < 4.78 is 5.47. The van der Waals surface area contributed by atoms with Crippen LogP contribution in [-0.4, -0.2) is 16.5 Å². The van der Waals surface area contributed by atoms with E-state index in [-0.39, 0.29) is 5.60 Å². The Morgan fingerprint density at radius 3 is 3.11 bits per heavy atom. The average molecular weight is 189 g/mol. The predicted molar refractivity (Wildman–Crippen MR) is 39.8 cm³/mol. The molecule has 0 bridgehead atoms. The molecule has 50 valence electrons. The molecule has 0 N–H and O–H groups in total. The molecule has 2 heteroatoms. The van der Waals surface area contributed by atoms with Crippen molar-refractivity contribution in [3.63, 3.8) is 0 Å². The van der Waals surface area contributed by atoms with Gasteiger partial charge in [0.1, 0.15) is 6.10 Å². The lowest BCUT2D eigenvalue weighted by Crippen LogP contribution is -2.18. The molecule has 1 aliphatic heterocycles. The Labute approximate surface area is 63.2 Å². The van der Waals surface area contributed by atoms with Crippen LogP contribution in [0.25, 0.3) is 0 Å². The van der Waals surface area contributed by atoms with Crippen molar-refractivity contribution < 1.29 is 4.74 Å². The van der Waals surface area contributed by atoms with Crippen molar-refractivity contribution in [2.45, 2.75) is 29.9 Å². The number of fused-ring (bicyclic) bond motifs is 1. The fourth-order valence-electron chi connectivity index (χ4n) is 1.36. The summed E-state index contributed by atoms with van der Waals surface area (Å²) in [5.74, 6) is 0. The summed E-state index contributed by atoms with van der Waals surface area (Å²) in [7, 11) is 0. The van der Waals surface area contributed by atoms with E-state index in [9.17, 15) is 0 Å². The molecule has 2 aliphatic rings. The topological polar surface area (TPSA) is 12.5 Å². The standard InChI is InChI=1S/C7H9BrO/c1-7-4-2-3-5(8)6(7)9-7/h2-3,5-6H,4H2,1H3.